The molecule has 1 aromatic heterocycles. The van der Waals surface area contributed by atoms with Crippen LogP contribution in [0.25, 0.3) is 0 Å². The molecule has 2 unspecified atom stereocenters. The van der Waals surface area contributed by atoms with Crippen LogP contribution in [0.1, 0.15) is 66.7 Å². The molecule has 0 radical (unpaired) electrons. The Bertz CT molecular complexity index is 467. The topological polar surface area (TPSA) is 88.2 Å². The number of rotatable bonds is 3. The predicted octanol–water partition coefficient (Wildman–Crippen LogP) is 1.33. The average molecular weight is 251 g/mol. The molecule has 18 heavy (non-hydrogen) atoms. The Kier molecular flexibility index (Phi) is 2.81. The first kappa shape index (κ1) is 11.6. The van der Waals surface area contributed by atoms with E-state index in [9.17, 15) is 9.90 Å². The second kappa shape index (κ2) is 4.35. The van der Waals surface area contributed by atoms with E-state index in [1.165, 1.54) is 0 Å². The molecular weight excluding hydrogens is 234 g/mol. The molecule has 2 atom stereocenters. The van der Waals surface area contributed by atoms with E-state index in [0.717, 1.165) is 38.5 Å². The summed E-state index contributed by atoms with van der Waals surface area (Å²) in [5.41, 5.74) is 0.781. The van der Waals surface area contributed by atoms with Gasteiger partial charge in [-0.1, -0.05) is 18.1 Å². The molecule has 0 aromatic carbocycles. The lowest BCUT2D eigenvalue weighted by Gasteiger charge is -2.28. The zero-order valence-corrected chi connectivity index (χ0v) is 10.1. The predicted molar refractivity (Wildman–Crippen MR) is 62.5 cm³/mol. The number of hydrogen-bond acceptors (Lipinski definition) is 4. The Morgan fingerprint density at radius 1 is 1.22 bits per heavy atom. The van der Waals surface area contributed by atoms with E-state index in [1.807, 2.05) is 0 Å². The van der Waals surface area contributed by atoms with E-state index < -0.39 is 12.1 Å². The van der Waals surface area contributed by atoms with Gasteiger partial charge >= 0.3 is 5.97 Å². The van der Waals surface area contributed by atoms with Crippen molar-refractivity contribution in [3.63, 3.8) is 0 Å². The molecule has 3 rings (SSSR count). The number of carboxylic acids is 1. The van der Waals surface area contributed by atoms with E-state index >= 15 is 0 Å². The lowest BCUT2D eigenvalue weighted by atomic mass is 9.92. The van der Waals surface area contributed by atoms with Crippen molar-refractivity contribution < 1.29 is 15.0 Å². The zero-order valence-electron chi connectivity index (χ0n) is 10.1. The molecule has 1 aromatic rings. The largest absolute Gasteiger partial charge is 0.476 e. The summed E-state index contributed by atoms with van der Waals surface area (Å²) in [6, 6.07) is -0.102. The molecule has 2 fully saturated rings. The van der Waals surface area contributed by atoms with Gasteiger partial charge in [-0.3, -0.25) is 0 Å². The van der Waals surface area contributed by atoms with Crippen LogP contribution in [0.2, 0.25) is 0 Å². The fourth-order valence-electron chi connectivity index (χ4n) is 2.81. The monoisotopic (exact) mass is 251 g/mol. The van der Waals surface area contributed by atoms with E-state index in [1.54, 1.807) is 4.68 Å². The summed E-state index contributed by atoms with van der Waals surface area (Å²) in [6.45, 7) is 0. The van der Waals surface area contributed by atoms with Crippen LogP contribution in [0.3, 0.4) is 0 Å². The summed E-state index contributed by atoms with van der Waals surface area (Å²) in [4.78, 5) is 11.2. The standard InChI is InChI=1S/C12H17N3O3/c16-9-4-2-1-3-8(9)15-11(7-5-6-7)10(12(17)18)13-14-15/h7-9,16H,1-6H2,(H,17,18). The van der Waals surface area contributed by atoms with Crippen molar-refractivity contribution in [1.82, 2.24) is 15.0 Å². The van der Waals surface area contributed by atoms with Crippen LogP contribution in [0, 0.1) is 0 Å². The third kappa shape index (κ3) is 1.90. The van der Waals surface area contributed by atoms with Crippen LogP contribution in [0.4, 0.5) is 0 Å². The van der Waals surface area contributed by atoms with Gasteiger partial charge in [0.25, 0.3) is 0 Å². The average Bonchev–Trinajstić information content (AvgIpc) is 3.09. The minimum absolute atomic E-state index is 0.0651. The van der Waals surface area contributed by atoms with Crippen LogP contribution in [0.15, 0.2) is 0 Å². The van der Waals surface area contributed by atoms with Gasteiger partial charge < -0.3 is 10.2 Å². The van der Waals surface area contributed by atoms with Gasteiger partial charge in [-0.2, -0.15) is 0 Å². The summed E-state index contributed by atoms with van der Waals surface area (Å²) >= 11 is 0. The van der Waals surface area contributed by atoms with Gasteiger partial charge in [-0.15, -0.1) is 5.10 Å². The normalized spacial score (nSPS) is 28.3. The quantitative estimate of drug-likeness (QED) is 0.846. The molecule has 6 heteroatoms. The number of aliphatic hydroxyl groups excluding tert-OH is 1. The second-order valence-corrected chi connectivity index (χ2v) is 5.27. The smallest absolute Gasteiger partial charge is 0.358 e. The summed E-state index contributed by atoms with van der Waals surface area (Å²) in [5.74, 6) is -0.756. The third-order valence-corrected chi connectivity index (χ3v) is 3.91. The number of nitrogens with zero attached hydrogens (tertiary/aromatic N) is 3. The summed E-state index contributed by atoms with van der Waals surface area (Å²) in [6.07, 6.45) is 5.25. The van der Waals surface area contributed by atoms with Crippen molar-refractivity contribution in [2.45, 2.75) is 56.6 Å². The first-order valence-electron chi connectivity index (χ1n) is 6.55. The fourth-order valence-corrected chi connectivity index (χ4v) is 2.81. The summed E-state index contributed by atoms with van der Waals surface area (Å²) in [5, 5.41) is 27.0. The van der Waals surface area contributed by atoms with Crippen LogP contribution in [0.5, 0.6) is 0 Å². The molecule has 2 N–H and O–H groups in total. The summed E-state index contributed by atoms with van der Waals surface area (Å²) in [7, 11) is 0. The van der Waals surface area contributed by atoms with Gasteiger partial charge in [0.15, 0.2) is 5.69 Å². The first-order valence-corrected chi connectivity index (χ1v) is 6.55. The maximum Gasteiger partial charge on any atom is 0.358 e. The third-order valence-electron chi connectivity index (χ3n) is 3.91. The van der Waals surface area contributed by atoms with Crippen molar-refractivity contribution in [2.75, 3.05) is 0 Å². The molecule has 1 heterocycles. The van der Waals surface area contributed by atoms with Crippen LogP contribution < -0.4 is 0 Å². The Labute approximate surface area is 105 Å². The number of aliphatic hydroxyl groups is 1. The van der Waals surface area contributed by atoms with E-state index in [-0.39, 0.29) is 17.7 Å². The molecule has 2 saturated carbocycles. The molecule has 98 valence electrons. The molecule has 0 aliphatic heterocycles. The number of aromatic nitrogens is 3. The molecule has 0 amide bonds. The van der Waals surface area contributed by atoms with Gasteiger partial charge in [0.05, 0.1) is 17.8 Å². The van der Waals surface area contributed by atoms with Crippen molar-refractivity contribution in [3.05, 3.63) is 11.4 Å². The molecular formula is C12H17N3O3. The summed E-state index contributed by atoms with van der Waals surface area (Å²) < 4.78 is 1.69. The minimum atomic E-state index is -1.02. The molecule has 2 aliphatic carbocycles. The van der Waals surface area contributed by atoms with Gasteiger partial charge in [0, 0.05) is 5.92 Å². The molecule has 6 nitrogen and oxygen atoms in total. The molecule has 0 saturated heterocycles. The van der Waals surface area contributed by atoms with E-state index in [2.05, 4.69) is 10.3 Å². The van der Waals surface area contributed by atoms with Gasteiger partial charge in [-0.25, -0.2) is 9.48 Å². The Hall–Kier alpha value is -1.43. The highest BCUT2D eigenvalue weighted by molar-refractivity contribution is 5.86. The highest BCUT2D eigenvalue weighted by Crippen LogP contribution is 2.43. The van der Waals surface area contributed by atoms with Crippen LogP contribution in [-0.2, 0) is 0 Å². The number of carbonyl (C=O) groups is 1. The van der Waals surface area contributed by atoms with Crippen molar-refractivity contribution in [3.8, 4) is 0 Å². The Balaban J connectivity index is 1.98. The first-order chi connectivity index (χ1) is 8.68. The highest BCUT2D eigenvalue weighted by atomic mass is 16.4. The van der Waals surface area contributed by atoms with Gasteiger partial charge in [0.1, 0.15) is 0 Å². The zero-order chi connectivity index (χ0) is 12.7. The molecule has 2 aliphatic rings. The minimum Gasteiger partial charge on any atom is -0.476 e. The highest BCUT2D eigenvalue weighted by Gasteiger charge is 2.37. The van der Waals surface area contributed by atoms with Gasteiger partial charge in [-0.05, 0) is 25.7 Å². The number of carboxylic acid groups (broad SMARTS) is 1. The SMILES string of the molecule is O=C(O)c1nnn(C2CCCCC2O)c1C1CC1. The number of aromatic carboxylic acids is 1. The fraction of sp³-hybridized carbons (Fsp3) is 0.750. The lowest BCUT2D eigenvalue weighted by molar-refractivity contribution is 0.0658. The van der Waals surface area contributed by atoms with E-state index in [0.29, 0.717) is 5.69 Å². The van der Waals surface area contributed by atoms with Crippen molar-refractivity contribution in [2.24, 2.45) is 0 Å². The molecule has 0 bridgehead atoms. The lowest BCUT2D eigenvalue weighted by Crippen LogP contribution is -2.29. The van der Waals surface area contributed by atoms with Crippen molar-refractivity contribution >= 4 is 5.97 Å². The Morgan fingerprint density at radius 2 is 1.94 bits per heavy atom. The van der Waals surface area contributed by atoms with Gasteiger partial charge in [0.2, 0.25) is 0 Å². The maximum absolute atomic E-state index is 11.2. The molecule has 0 spiro atoms. The second-order valence-electron chi connectivity index (χ2n) is 5.27. The maximum atomic E-state index is 11.2. The van der Waals surface area contributed by atoms with E-state index in [4.69, 9.17) is 5.11 Å². The van der Waals surface area contributed by atoms with Crippen LogP contribution >= 0.6 is 0 Å². The Morgan fingerprint density at radius 3 is 2.56 bits per heavy atom. The van der Waals surface area contributed by atoms with Crippen LogP contribution in [-0.4, -0.2) is 37.3 Å². The number of hydrogen-bond donors (Lipinski definition) is 2. The van der Waals surface area contributed by atoms with Crippen molar-refractivity contribution in [1.29, 1.82) is 0 Å².